The second-order valence-electron chi connectivity index (χ2n) is 4.80. The van der Waals surface area contributed by atoms with Crippen LogP contribution in [0.5, 0.6) is 5.88 Å². The molecule has 0 fully saturated rings. The van der Waals surface area contributed by atoms with Crippen molar-refractivity contribution in [2.24, 2.45) is 0 Å². The average Bonchev–Trinajstić information content (AvgIpc) is 2.88. The van der Waals surface area contributed by atoms with E-state index in [1.54, 1.807) is 11.3 Å². The van der Waals surface area contributed by atoms with Crippen molar-refractivity contribution >= 4 is 11.3 Å². The lowest BCUT2D eigenvalue weighted by Crippen LogP contribution is -2.22. The van der Waals surface area contributed by atoms with E-state index in [1.165, 1.54) is 10.4 Å². The number of nitrogens with zero attached hydrogens (tertiary/aromatic N) is 1. The molecule has 0 aromatic carbocycles. The van der Waals surface area contributed by atoms with Gasteiger partial charge in [-0.2, -0.15) is 0 Å². The Bertz CT molecular complexity index is 509. The molecule has 0 spiro atoms. The van der Waals surface area contributed by atoms with E-state index in [4.69, 9.17) is 4.74 Å². The smallest absolute Gasteiger partial charge is 0.213 e. The van der Waals surface area contributed by atoms with Crippen LogP contribution < -0.4 is 10.1 Å². The van der Waals surface area contributed by atoms with E-state index in [-0.39, 0.29) is 0 Å². The molecule has 2 rings (SSSR count). The summed E-state index contributed by atoms with van der Waals surface area (Å²) in [6.45, 7) is 7.74. The van der Waals surface area contributed by atoms with Gasteiger partial charge < -0.3 is 10.1 Å². The number of rotatable bonds is 6. The number of hydrogen-bond donors (Lipinski definition) is 1. The zero-order chi connectivity index (χ0) is 13.7. The van der Waals surface area contributed by atoms with Crippen LogP contribution in [0.2, 0.25) is 0 Å². The fourth-order valence-corrected chi connectivity index (χ4v) is 2.30. The van der Waals surface area contributed by atoms with Gasteiger partial charge in [0.25, 0.3) is 0 Å². The Morgan fingerprint density at radius 2 is 2.16 bits per heavy atom. The summed E-state index contributed by atoms with van der Waals surface area (Å²) < 4.78 is 5.69. The van der Waals surface area contributed by atoms with Crippen molar-refractivity contribution in [1.29, 1.82) is 0 Å². The summed E-state index contributed by atoms with van der Waals surface area (Å²) in [5.41, 5.74) is 2.24. The number of thiophene rings is 1. The van der Waals surface area contributed by atoms with Gasteiger partial charge in [0.1, 0.15) is 6.61 Å². The van der Waals surface area contributed by atoms with Crippen molar-refractivity contribution in [3.63, 3.8) is 0 Å². The highest BCUT2D eigenvalue weighted by atomic mass is 32.1. The molecule has 0 unspecified atom stereocenters. The molecule has 102 valence electrons. The molecular weight excluding hydrogens is 256 g/mol. The highest BCUT2D eigenvalue weighted by molar-refractivity contribution is 7.09. The third kappa shape index (κ3) is 4.33. The minimum Gasteiger partial charge on any atom is -0.472 e. The molecule has 0 saturated heterocycles. The van der Waals surface area contributed by atoms with Gasteiger partial charge in [0.05, 0.1) is 0 Å². The normalized spacial score (nSPS) is 10.9. The Hall–Kier alpha value is -1.39. The first-order valence-electron chi connectivity index (χ1n) is 6.50. The summed E-state index contributed by atoms with van der Waals surface area (Å²) in [4.78, 5) is 5.71. The van der Waals surface area contributed by atoms with Gasteiger partial charge in [-0.1, -0.05) is 26.0 Å². The molecule has 1 N–H and O–H groups in total. The Morgan fingerprint density at radius 3 is 2.79 bits per heavy atom. The number of aromatic nitrogens is 1. The summed E-state index contributed by atoms with van der Waals surface area (Å²) >= 11 is 1.70. The Kier molecular flexibility index (Phi) is 4.93. The topological polar surface area (TPSA) is 34.1 Å². The van der Waals surface area contributed by atoms with Crippen molar-refractivity contribution in [3.05, 3.63) is 45.8 Å². The molecule has 0 amide bonds. The van der Waals surface area contributed by atoms with E-state index in [0.29, 0.717) is 18.5 Å². The maximum atomic E-state index is 5.69. The molecule has 4 heteroatoms. The van der Waals surface area contributed by atoms with Crippen molar-refractivity contribution in [1.82, 2.24) is 10.3 Å². The van der Waals surface area contributed by atoms with Crippen molar-refractivity contribution in [2.75, 3.05) is 0 Å². The molecule has 0 bridgehead atoms. The van der Waals surface area contributed by atoms with E-state index >= 15 is 0 Å². The summed E-state index contributed by atoms with van der Waals surface area (Å²) in [5, 5.41) is 5.45. The van der Waals surface area contributed by atoms with Crippen LogP contribution in [0.1, 0.15) is 30.0 Å². The highest BCUT2D eigenvalue weighted by Crippen LogP contribution is 2.16. The molecule has 0 radical (unpaired) electrons. The van der Waals surface area contributed by atoms with E-state index < -0.39 is 0 Å². The predicted octanol–water partition coefficient (Wildman–Crippen LogP) is 3.53. The number of hydrogen-bond acceptors (Lipinski definition) is 4. The largest absolute Gasteiger partial charge is 0.472 e. The molecular formula is C15H20N2OS. The second-order valence-corrected chi connectivity index (χ2v) is 5.83. The lowest BCUT2D eigenvalue weighted by atomic mass is 10.2. The van der Waals surface area contributed by atoms with Gasteiger partial charge >= 0.3 is 0 Å². The van der Waals surface area contributed by atoms with Crippen LogP contribution in [0, 0.1) is 6.92 Å². The number of ether oxygens (including phenoxy) is 1. The minimum absolute atomic E-state index is 0.481. The first-order chi connectivity index (χ1) is 9.15. The van der Waals surface area contributed by atoms with Gasteiger partial charge in [-0.15, -0.1) is 11.3 Å². The molecule has 2 aromatic rings. The molecule has 0 aliphatic carbocycles. The lowest BCUT2D eigenvalue weighted by Gasteiger charge is -2.11. The van der Waals surface area contributed by atoms with Crippen LogP contribution >= 0.6 is 11.3 Å². The fourth-order valence-electron chi connectivity index (χ4n) is 1.69. The molecule has 0 aliphatic rings. The Labute approximate surface area is 118 Å². The zero-order valence-corrected chi connectivity index (χ0v) is 12.5. The van der Waals surface area contributed by atoms with Gasteiger partial charge in [-0.05, 0) is 23.9 Å². The Morgan fingerprint density at radius 1 is 1.32 bits per heavy atom. The average molecular weight is 276 g/mol. The SMILES string of the molecule is Cc1nc(OCc2cccs2)ccc1CNC(C)C. The quantitative estimate of drug-likeness (QED) is 0.876. The molecule has 2 aromatic heterocycles. The van der Waals surface area contributed by atoms with Crippen LogP contribution in [0.15, 0.2) is 29.6 Å². The highest BCUT2D eigenvalue weighted by Gasteiger charge is 2.04. The maximum absolute atomic E-state index is 5.69. The van der Waals surface area contributed by atoms with Gasteiger partial charge in [-0.3, -0.25) is 0 Å². The summed E-state index contributed by atoms with van der Waals surface area (Å²) in [5.74, 6) is 0.694. The second kappa shape index (κ2) is 6.68. The van der Waals surface area contributed by atoms with Gasteiger partial charge in [0.15, 0.2) is 0 Å². The van der Waals surface area contributed by atoms with Crippen molar-refractivity contribution < 1.29 is 4.74 Å². The monoisotopic (exact) mass is 276 g/mol. The van der Waals surface area contributed by atoms with E-state index in [1.807, 2.05) is 19.1 Å². The standard InChI is InChI=1S/C15H20N2OS/c1-11(2)16-9-13-6-7-15(17-12(13)3)18-10-14-5-4-8-19-14/h4-8,11,16H,9-10H2,1-3H3. The lowest BCUT2D eigenvalue weighted by molar-refractivity contribution is 0.296. The molecule has 2 heterocycles. The third-order valence-corrected chi connectivity index (χ3v) is 3.66. The maximum Gasteiger partial charge on any atom is 0.213 e. The first kappa shape index (κ1) is 14.0. The number of pyridine rings is 1. The summed E-state index contributed by atoms with van der Waals surface area (Å²) in [7, 11) is 0. The van der Waals surface area contributed by atoms with Crippen LogP contribution in [-0.4, -0.2) is 11.0 Å². The van der Waals surface area contributed by atoms with Crippen LogP contribution in [0.3, 0.4) is 0 Å². The van der Waals surface area contributed by atoms with Gasteiger partial charge in [0, 0.05) is 29.2 Å². The fraction of sp³-hybridized carbons (Fsp3) is 0.400. The first-order valence-corrected chi connectivity index (χ1v) is 7.38. The van der Waals surface area contributed by atoms with Gasteiger partial charge in [-0.25, -0.2) is 4.98 Å². The van der Waals surface area contributed by atoms with E-state index in [2.05, 4.69) is 41.7 Å². The molecule has 3 nitrogen and oxygen atoms in total. The molecule has 0 saturated carbocycles. The molecule has 0 atom stereocenters. The van der Waals surface area contributed by atoms with Crippen LogP contribution in [0.25, 0.3) is 0 Å². The number of nitrogens with one attached hydrogen (secondary N) is 1. The van der Waals surface area contributed by atoms with Crippen molar-refractivity contribution in [3.8, 4) is 5.88 Å². The number of aryl methyl sites for hydroxylation is 1. The minimum atomic E-state index is 0.481. The third-order valence-electron chi connectivity index (χ3n) is 2.81. The Balaban J connectivity index is 1.94. The van der Waals surface area contributed by atoms with E-state index in [9.17, 15) is 0 Å². The van der Waals surface area contributed by atoms with Gasteiger partial charge in [0.2, 0.25) is 5.88 Å². The van der Waals surface area contributed by atoms with Crippen LogP contribution in [0.4, 0.5) is 0 Å². The predicted molar refractivity (Wildman–Crippen MR) is 79.6 cm³/mol. The molecule has 0 aliphatic heterocycles. The van der Waals surface area contributed by atoms with E-state index in [0.717, 1.165) is 12.2 Å². The molecule has 19 heavy (non-hydrogen) atoms. The zero-order valence-electron chi connectivity index (χ0n) is 11.6. The van der Waals surface area contributed by atoms with Crippen molar-refractivity contribution in [2.45, 2.75) is 40.0 Å². The summed E-state index contributed by atoms with van der Waals surface area (Å²) in [6, 6.07) is 8.61. The van der Waals surface area contributed by atoms with Crippen LogP contribution in [-0.2, 0) is 13.2 Å². The summed E-state index contributed by atoms with van der Waals surface area (Å²) in [6.07, 6.45) is 0.